The Labute approximate surface area is 325 Å². The van der Waals surface area contributed by atoms with Gasteiger partial charge < -0.3 is 44.5 Å². The van der Waals surface area contributed by atoms with Crippen LogP contribution >= 0.6 is 0 Å². The summed E-state index contributed by atoms with van der Waals surface area (Å²) in [4.78, 5) is 71.2. The van der Waals surface area contributed by atoms with Crippen LogP contribution < -0.4 is 5.32 Å². The largest absolute Gasteiger partial charge is 0.356 e. The molecule has 0 aromatic rings. The summed E-state index contributed by atoms with van der Waals surface area (Å²) in [5.41, 5.74) is -0.879. The summed E-state index contributed by atoms with van der Waals surface area (Å²) >= 11 is 0. The summed E-state index contributed by atoms with van der Waals surface area (Å²) in [7, 11) is 20.3. The van der Waals surface area contributed by atoms with Crippen LogP contribution in [-0.4, -0.2) is 218 Å². The predicted octanol–water partition coefficient (Wildman–Crippen LogP) is 2.08. The maximum atomic E-state index is 13.8. The lowest BCUT2D eigenvalue weighted by atomic mass is 9.75. The summed E-state index contributed by atoms with van der Waals surface area (Å²) in [6, 6.07) is 0. The molecule has 0 radical (unpaired) electrons. The van der Waals surface area contributed by atoms with Gasteiger partial charge in [-0.1, -0.05) is 34.1 Å². The van der Waals surface area contributed by atoms with Crippen molar-refractivity contribution in [3.05, 3.63) is 0 Å². The number of rotatable bonds is 31. The lowest BCUT2D eigenvalue weighted by Crippen LogP contribution is -2.43. The van der Waals surface area contributed by atoms with Gasteiger partial charge in [-0.25, -0.2) is 0 Å². The van der Waals surface area contributed by atoms with Crippen molar-refractivity contribution in [1.29, 1.82) is 0 Å². The van der Waals surface area contributed by atoms with Crippen molar-refractivity contribution in [2.75, 3.05) is 156 Å². The molecule has 13 heteroatoms. The fourth-order valence-electron chi connectivity index (χ4n) is 5.85. The predicted molar refractivity (Wildman–Crippen MR) is 220 cm³/mol. The second-order valence-corrected chi connectivity index (χ2v) is 16.8. The van der Waals surface area contributed by atoms with Crippen LogP contribution in [0.25, 0.3) is 0 Å². The topological polar surface area (TPSA) is 106 Å². The van der Waals surface area contributed by atoms with Gasteiger partial charge in [-0.2, -0.15) is 0 Å². The van der Waals surface area contributed by atoms with Gasteiger partial charge in [0.25, 0.3) is 0 Å². The van der Waals surface area contributed by atoms with Crippen LogP contribution in [0.2, 0.25) is 0 Å². The Kier molecular flexibility index (Phi) is 26.3. The molecule has 53 heavy (non-hydrogen) atoms. The Hall–Kier alpha value is -2.16. The molecule has 0 fully saturated rings. The van der Waals surface area contributed by atoms with Crippen molar-refractivity contribution >= 4 is 23.5 Å². The van der Waals surface area contributed by atoms with Crippen LogP contribution in [0.15, 0.2) is 0 Å². The monoisotopic (exact) mass is 754 g/mol. The van der Waals surface area contributed by atoms with Crippen LogP contribution in [0.1, 0.15) is 66.2 Å². The minimum Gasteiger partial charge on any atom is -0.356 e. The fourth-order valence-corrected chi connectivity index (χ4v) is 5.85. The quantitative estimate of drug-likeness (QED) is 0.106. The molecular formula is C40H83N9O4. The standard InChI is InChI=1S/C40H83N9O4/c1-15-17-18-41-38(52)35(32-37(51)48(13)29-27-46(11)25-23-44(9)21-19-42(5)6)33-40(3,4)36(50)31-34(16-2)39(53)49(14)30-28-47(12)26-24-45(10)22-20-43(7)8/h34-35H,15-33H2,1-14H3,(H,41,52). The SMILES string of the molecule is CCCCNC(=O)C(CC(=O)N(C)CCN(C)CCN(C)CCN(C)C)CC(C)(C)C(=O)CC(CC)C(=O)N(C)CCN(C)CCN(C)CCN(C)C. The number of carbonyl (C=O) groups is 4. The average molecular weight is 754 g/mol. The first kappa shape index (κ1) is 50.8. The van der Waals surface area contributed by atoms with Gasteiger partial charge in [0.15, 0.2) is 0 Å². The molecule has 2 unspecified atom stereocenters. The zero-order valence-electron chi connectivity index (χ0n) is 36.8. The van der Waals surface area contributed by atoms with E-state index in [0.29, 0.717) is 26.1 Å². The maximum absolute atomic E-state index is 13.8. The van der Waals surface area contributed by atoms with E-state index in [9.17, 15) is 19.2 Å². The van der Waals surface area contributed by atoms with Crippen LogP contribution in [0.3, 0.4) is 0 Å². The van der Waals surface area contributed by atoms with E-state index in [-0.39, 0.29) is 42.8 Å². The molecular weight excluding hydrogens is 670 g/mol. The molecule has 0 spiro atoms. The first-order valence-corrected chi connectivity index (χ1v) is 20.1. The van der Waals surface area contributed by atoms with Gasteiger partial charge in [-0.15, -0.1) is 0 Å². The third-order valence-corrected chi connectivity index (χ3v) is 10.4. The van der Waals surface area contributed by atoms with Gasteiger partial charge in [0, 0.05) is 129 Å². The summed E-state index contributed by atoms with van der Waals surface area (Å²) in [6.45, 7) is 18.6. The van der Waals surface area contributed by atoms with Crippen LogP contribution in [0, 0.1) is 17.3 Å². The Bertz CT molecular complexity index is 1040. The van der Waals surface area contributed by atoms with Crippen molar-refractivity contribution in [3.63, 3.8) is 0 Å². The zero-order valence-corrected chi connectivity index (χ0v) is 36.8. The van der Waals surface area contributed by atoms with Crippen molar-refractivity contribution in [2.24, 2.45) is 17.3 Å². The molecule has 0 aliphatic heterocycles. The fraction of sp³-hybridized carbons (Fsp3) is 0.900. The number of likely N-dealkylation sites (N-methyl/N-ethyl adjacent to an activating group) is 8. The Balaban J connectivity index is 5.31. The maximum Gasteiger partial charge on any atom is 0.225 e. The molecule has 0 aliphatic carbocycles. The van der Waals surface area contributed by atoms with Gasteiger partial charge in [-0.05, 0) is 75.6 Å². The first-order chi connectivity index (χ1) is 24.7. The molecule has 0 saturated heterocycles. The molecule has 3 amide bonds. The number of Topliss-reactive ketones (excluding diaryl/α,β-unsaturated/α-hetero) is 1. The summed E-state index contributed by atoms with van der Waals surface area (Å²) in [5.74, 6) is -1.43. The molecule has 0 heterocycles. The molecule has 13 nitrogen and oxygen atoms in total. The molecule has 0 aromatic carbocycles. The van der Waals surface area contributed by atoms with Gasteiger partial charge in [0.1, 0.15) is 5.78 Å². The van der Waals surface area contributed by atoms with E-state index in [1.165, 1.54) is 0 Å². The normalized spacial score (nSPS) is 13.4. The molecule has 0 rings (SSSR count). The molecule has 1 N–H and O–H groups in total. The van der Waals surface area contributed by atoms with E-state index in [1.807, 2.05) is 27.8 Å². The third-order valence-electron chi connectivity index (χ3n) is 10.4. The first-order valence-electron chi connectivity index (χ1n) is 20.1. The van der Waals surface area contributed by atoms with Crippen LogP contribution in [0.5, 0.6) is 0 Å². The van der Waals surface area contributed by atoms with Gasteiger partial charge in [0.2, 0.25) is 17.7 Å². The van der Waals surface area contributed by atoms with Crippen molar-refractivity contribution in [3.8, 4) is 0 Å². The molecule has 0 saturated carbocycles. The highest BCUT2D eigenvalue weighted by molar-refractivity contribution is 5.91. The molecule has 0 aromatic heterocycles. The zero-order chi connectivity index (χ0) is 40.7. The van der Waals surface area contributed by atoms with Gasteiger partial charge in [0.05, 0.1) is 0 Å². The van der Waals surface area contributed by atoms with E-state index in [2.05, 4.69) is 98.0 Å². The Morgan fingerprint density at radius 2 is 0.962 bits per heavy atom. The number of nitrogens with zero attached hydrogens (tertiary/aromatic N) is 8. The smallest absolute Gasteiger partial charge is 0.225 e. The van der Waals surface area contributed by atoms with Gasteiger partial charge in [-0.3, -0.25) is 19.2 Å². The Morgan fingerprint density at radius 1 is 0.547 bits per heavy atom. The average Bonchev–Trinajstić information content (AvgIpc) is 3.10. The lowest BCUT2D eigenvalue weighted by molar-refractivity contribution is -0.141. The highest BCUT2D eigenvalue weighted by Gasteiger charge is 2.37. The van der Waals surface area contributed by atoms with E-state index < -0.39 is 17.3 Å². The van der Waals surface area contributed by atoms with E-state index in [0.717, 1.165) is 78.3 Å². The van der Waals surface area contributed by atoms with Crippen molar-refractivity contribution in [1.82, 2.24) is 44.5 Å². The molecule has 0 bridgehead atoms. The second-order valence-electron chi connectivity index (χ2n) is 16.8. The highest BCUT2D eigenvalue weighted by Crippen LogP contribution is 2.32. The summed E-state index contributed by atoms with van der Waals surface area (Å²) < 4.78 is 0. The molecule has 312 valence electrons. The summed E-state index contributed by atoms with van der Waals surface area (Å²) in [5, 5.41) is 3.01. The van der Waals surface area contributed by atoms with E-state index in [1.54, 1.807) is 16.8 Å². The van der Waals surface area contributed by atoms with Crippen LogP contribution in [-0.2, 0) is 19.2 Å². The highest BCUT2D eigenvalue weighted by atomic mass is 16.2. The lowest BCUT2D eigenvalue weighted by Gasteiger charge is -2.31. The van der Waals surface area contributed by atoms with Gasteiger partial charge >= 0.3 is 0 Å². The second kappa shape index (κ2) is 27.4. The minimum atomic E-state index is -0.879. The third kappa shape index (κ3) is 23.4. The van der Waals surface area contributed by atoms with Crippen LogP contribution in [0.4, 0.5) is 0 Å². The number of hydrogen-bond donors (Lipinski definition) is 1. The van der Waals surface area contributed by atoms with E-state index in [4.69, 9.17) is 0 Å². The minimum absolute atomic E-state index is 0.0241. The molecule has 2 atom stereocenters. The van der Waals surface area contributed by atoms with E-state index >= 15 is 0 Å². The number of carbonyl (C=O) groups excluding carboxylic acids is 4. The summed E-state index contributed by atoms with van der Waals surface area (Å²) in [6.07, 6.45) is 2.76. The van der Waals surface area contributed by atoms with Crippen molar-refractivity contribution < 1.29 is 19.2 Å². The number of ketones is 1. The number of hydrogen-bond acceptors (Lipinski definition) is 10. The Morgan fingerprint density at radius 3 is 1.38 bits per heavy atom. The number of amides is 3. The number of nitrogens with one attached hydrogen (secondary N) is 1. The van der Waals surface area contributed by atoms with Crippen molar-refractivity contribution in [2.45, 2.75) is 66.2 Å². The molecule has 0 aliphatic rings. The number of unbranched alkanes of at least 4 members (excludes halogenated alkanes) is 1.